The van der Waals surface area contributed by atoms with Crippen molar-refractivity contribution in [1.82, 2.24) is 4.98 Å². The molecule has 2 aromatic rings. The van der Waals surface area contributed by atoms with Crippen molar-refractivity contribution < 1.29 is 9.90 Å². The van der Waals surface area contributed by atoms with Gasteiger partial charge < -0.3 is 10.4 Å². The lowest BCUT2D eigenvalue weighted by Crippen LogP contribution is -2.14. The number of aryl methyl sites for hydroxylation is 2. The molecule has 1 aromatic carbocycles. The Morgan fingerprint density at radius 3 is 2.71 bits per heavy atom. The highest BCUT2D eigenvalue weighted by molar-refractivity contribution is 5.93. The fourth-order valence-electron chi connectivity index (χ4n) is 2.71. The van der Waals surface area contributed by atoms with Crippen LogP contribution in [0.5, 0.6) is 0 Å². The van der Waals surface area contributed by atoms with E-state index in [4.69, 9.17) is 0 Å². The normalized spacial score (nSPS) is 13.5. The Hall–Kier alpha value is -2.36. The van der Waals surface area contributed by atoms with Crippen molar-refractivity contribution in [3.05, 3.63) is 58.8 Å². The predicted molar refractivity (Wildman–Crippen MR) is 81.6 cm³/mol. The first-order chi connectivity index (χ1) is 10.2. The molecule has 0 aliphatic heterocycles. The number of pyridine rings is 1. The average Bonchev–Trinajstić information content (AvgIpc) is 2.53. The van der Waals surface area contributed by atoms with E-state index in [-0.39, 0.29) is 5.56 Å². The highest BCUT2D eigenvalue weighted by atomic mass is 16.4. The minimum atomic E-state index is -0.925. The maximum absolute atomic E-state index is 11.4. The van der Waals surface area contributed by atoms with Gasteiger partial charge in [0.15, 0.2) is 0 Å². The first-order valence-corrected chi connectivity index (χ1v) is 7.28. The fraction of sp³-hybridized carbons (Fsp3) is 0.294. The summed E-state index contributed by atoms with van der Waals surface area (Å²) >= 11 is 0. The molecule has 0 spiro atoms. The van der Waals surface area contributed by atoms with Crippen LogP contribution < -0.4 is 5.32 Å². The van der Waals surface area contributed by atoms with E-state index in [9.17, 15) is 9.90 Å². The summed E-state index contributed by atoms with van der Waals surface area (Å²) in [5, 5.41) is 12.6. The standard InChI is InChI=1S/C17H18N2O2/c20-17(21)14-10-13-8-4-5-9-15(13)19-16(14)18-11-12-6-2-1-3-7-12/h1-3,6-7,10H,4-5,8-9,11H2,(H,18,19)(H,20,21). The van der Waals surface area contributed by atoms with Gasteiger partial charge >= 0.3 is 5.97 Å². The van der Waals surface area contributed by atoms with Gasteiger partial charge in [0.05, 0.1) is 0 Å². The molecular formula is C17H18N2O2. The number of fused-ring (bicyclic) bond motifs is 1. The van der Waals surface area contributed by atoms with E-state index in [2.05, 4.69) is 10.3 Å². The molecule has 1 aromatic heterocycles. The number of carboxylic acids is 1. The second-order valence-corrected chi connectivity index (χ2v) is 5.34. The molecular weight excluding hydrogens is 264 g/mol. The molecule has 1 aliphatic carbocycles. The van der Waals surface area contributed by atoms with Crippen LogP contribution >= 0.6 is 0 Å². The van der Waals surface area contributed by atoms with E-state index < -0.39 is 5.97 Å². The van der Waals surface area contributed by atoms with Crippen molar-refractivity contribution in [2.45, 2.75) is 32.2 Å². The molecule has 1 heterocycles. The Balaban J connectivity index is 1.87. The average molecular weight is 282 g/mol. The number of nitrogens with zero attached hydrogens (tertiary/aromatic N) is 1. The zero-order valence-electron chi connectivity index (χ0n) is 11.8. The lowest BCUT2D eigenvalue weighted by Gasteiger charge is -2.18. The van der Waals surface area contributed by atoms with E-state index >= 15 is 0 Å². The van der Waals surface area contributed by atoms with Crippen molar-refractivity contribution in [3.63, 3.8) is 0 Å². The van der Waals surface area contributed by atoms with Crippen LogP contribution in [0.1, 0.15) is 40.0 Å². The first kappa shape index (κ1) is 13.6. The molecule has 3 rings (SSSR count). The van der Waals surface area contributed by atoms with Gasteiger partial charge in [0, 0.05) is 12.2 Å². The van der Waals surface area contributed by atoms with Crippen LogP contribution in [0.25, 0.3) is 0 Å². The van der Waals surface area contributed by atoms with Gasteiger partial charge in [-0.1, -0.05) is 30.3 Å². The van der Waals surface area contributed by atoms with Crippen LogP contribution in [-0.4, -0.2) is 16.1 Å². The molecule has 1 aliphatic rings. The zero-order chi connectivity index (χ0) is 14.7. The maximum Gasteiger partial charge on any atom is 0.339 e. The van der Waals surface area contributed by atoms with Crippen LogP contribution in [0, 0.1) is 0 Å². The Kier molecular flexibility index (Phi) is 3.86. The van der Waals surface area contributed by atoms with Crippen LogP contribution in [0.3, 0.4) is 0 Å². The van der Waals surface area contributed by atoms with Crippen molar-refractivity contribution >= 4 is 11.8 Å². The van der Waals surface area contributed by atoms with Gasteiger partial charge in [0.1, 0.15) is 11.4 Å². The van der Waals surface area contributed by atoms with Gasteiger partial charge in [-0.25, -0.2) is 9.78 Å². The van der Waals surface area contributed by atoms with Gasteiger partial charge in [-0.05, 0) is 42.9 Å². The SMILES string of the molecule is O=C(O)c1cc2c(nc1NCc1ccccc1)CCCC2. The van der Waals surface area contributed by atoms with E-state index in [1.807, 2.05) is 30.3 Å². The number of carboxylic acid groups (broad SMARTS) is 1. The molecule has 4 nitrogen and oxygen atoms in total. The summed E-state index contributed by atoms with van der Waals surface area (Å²) in [6, 6.07) is 11.7. The van der Waals surface area contributed by atoms with E-state index in [0.29, 0.717) is 12.4 Å². The predicted octanol–water partition coefficient (Wildman–Crippen LogP) is 3.27. The van der Waals surface area contributed by atoms with E-state index in [1.54, 1.807) is 6.07 Å². The summed E-state index contributed by atoms with van der Waals surface area (Å²) in [5.74, 6) is -0.446. The second-order valence-electron chi connectivity index (χ2n) is 5.34. The van der Waals surface area contributed by atoms with Crippen molar-refractivity contribution in [2.75, 3.05) is 5.32 Å². The summed E-state index contributed by atoms with van der Waals surface area (Å²) in [6.07, 6.45) is 4.12. The minimum absolute atomic E-state index is 0.270. The third-order valence-corrected chi connectivity index (χ3v) is 3.83. The van der Waals surface area contributed by atoms with Crippen LogP contribution in [0.15, 0.2) is 36.4 Å². The quantitative estimate of drug-likeness (QED) is 0.903. The number of nitrogens with one attached hydrogen (secondary N) is 1. The number of hydrogen-bond acceptors (Lipinski definition) is 3. The minimum Gasteiger partial charge on any atom is -0.478 e. The number of hydrogen-bond donors (Lipinski definition) is 2. The van der Waals surface area contributed by atoms with Crippen molar-refractivity contribution in [3.8, 4) is 0 Å². The molecule has 21 heavy (non-hydrogen) atoms. The summed E-state index contributed by atoms with van der Waals surface area (Å²) < 4.78 is 0. The number of anilines is 1. The van der Waals surface area contributed by atoms with E-state index in [1.165, 1.54) is 0 Å². The third-order valence-electron chi connectivity index (χ3n) is 3.83. The molecule has 4 heteroatoms. The van der Waals surface area contributed by atoms with Crippen molar-refractivity contribution in [1.29, 1.82) is 0 Å². The summed E-state index contributed by atoms with van der Waals surface area (Å²) in [5.41, 5.74) is 3.51. The molecule has 0 atom stereocenters. The Morgan fingerprint density at radius 2 is 1.95 bits per heavy atom. The Morgan fingerprint density at radius 1 is 1.19 bits per heavy atom. The molecule has 108 valence electrons. The third kappa shape index (κ3) is 3.05. The van der Waals surface area contributed by atoms with Gasteiger partial charge in [-0.15, -0.1) is 0 Å². The smallest absolute Gasteiger partial charge is 0.339 e. The molecule has 0 amide bonds. The molecule has 0 bridgehead atoms. The second kappa shape index (κ2) is 5.95. The molecule has 0 unspecified atom stereocenters. The largest absolute Gasteiger partial charge is 0.478 e. The first-order valence-electron chi connectivity index (χ1n) is 7.28. The highest BCUT2D eigenvalue weighted by Crippen LogP contribution is 2.25. The Labute approximate surface area is 123 Å². The van der Waals surface area contributed by atoms with Crippen LogP contribution in [-0.2, 0) is 19.4 Å². The van der Waals surface area contributed by atoms with Crippen molar-refractivity contribution in [2.24, 2.45) is 0 Å². The summed E-state index contributed by atoms with van der Waals surface area (Å²) in [6.45, 7) is 0.576. The zero-order valence-corrected chi connectivity index (χ0v) is 11.8. The number of carbonyl (C=O) groups is 1. The van der Waals surface area contributed by atoms with Gasteiger partial charge in [-0.3, -0.25) is 0 Å². The van der Waals surface area contributed by atoms with Gasteiger partial charge in [0.25, 0.3) is 0 Å². The Bertz CT molecular complexity index is 653. The van der Waals surface area contributed by atoms with Gasteiger partial charge in [0.2, 0.25) is 0 Å². The number of aromatic carboxylic acids is 1. The fourth-order valence-corrected chi connectivity index (χ4v) is 2.71. The van der Waals surface area contributed by atoms with Crippen LogP contribution in [0.2, 0.25) is 0 Å². The molecule has 0 saturated carbocycles. The number of rotatable bonds is 4. The number of aromatic nitrogens is 1. The topological polar surface area (TPSA) is 62.2 Å². The number of benzene rings is 1. The van der Waals surface area contributed by atoms with Gasteiger partial charge in [-0.2, -0.15) is 0 Å². The lowest BCUT2D eigenvalue weighted by atomic mass is 9.94. The summed E-state index contributed by atoms with van der Waals surface area (Å²) in [4.78, 5) is 16.0. The summed E-state index contributed by atoms with van der Waals surface area (Å²) in [7, 11) is 0. The monoisotopic (exact) mass is 282 g/mol. The molecule has 0 radical (unpaired) electrons. The lowest BCUT2D eigenvalue weighted by molar-refractivity contribution is 0.0697. The maximum atomic E-state index is 11.4. The highest BCUT2D eigenvalue weighted by Gasteiger charge is 2.18. The molecule has 2 N–H and O–H groups in total. The molecule has 0 fully saturated rings. The van der Waals surface area contributed by atoms with Crippen LogP contribution in [0.4, 0.5) is 5.82 Å². The molecule has 0 saturated heterocycles. The van der Waals surface area contributed by atoms with E-state index in [0.717, 1.165) is 42.5 Å².